The summed E-state index contributed by atoms with van der Waals surface area (Å²) >= 11 is 5.48. The zero-order chi connectivity index (χ0) is 9.23. The van der Waals surface area contributed by atoms with E-state index >= 15 is 0 Å². The van der Waals surface area contributed by atoms with Crippen LogP contribution in [0.4, 0.5) is 0 Å². The molecule has 1 atom stereocenters. The first-order chi connectivity index (χ1) is 5.81. The Balaban J connectivity index is 3.10. The Kier molecular flexibility index (Phi) is 9.95. The average Bonchev–Trinajstić information content (AvgIpc) is 2.06. The fourth-order valence-corrected chi connectivity index (χ4v) is 2.01. The lowest BCUT2D eigenvalue weighted by molar-refractivity contribution is 0.320. The number of unbranched alkanes of at least 4 members (excludes halogenated alkanes) is 2. The second-order valence-corrected chi connectivity index (χ2v) is 4.63. The molecule has 0 heterocycles. The molecule has 0 rings (SSSR count). The lowest BCUT2D eigenvalue weighted by atomic mass is 10.4. The van der Waals surface area contributed by atoms with Crippen LogP contribution in [0.3, 0.4) is 0 Å². The standard InChI is InChI=1S/C8H18ClO2P/c1-2-3-7-11-12(10)8-5-4-6-9/h12H,2-8H2,1H3. The molecule has 0 fully saturated rings. The molecule has 0 aromatic rings. The third-order valence-electron chi connectivity index (χ3n) is 1.53. The molecule has 0 saturated carbocycles. The first-order valence-electron chi connectivity index (χ1n) is 4.52. The van der Waals surface area contributed by atoms with E-state index in [0.29, 0.717) is 18.6 Å². The van der Waals surface area contributed by atoms with Crippen LogP contribution < -0.4 is 0 Å². The van der Waals surface area contributed by atoms with Crippen molar-refractivity contribution in [3.63, 3.8) is 0 Å². The summed E-state index contributed by atoms with van der Waals surface area (Å²) in [6.45, 7) is 2.74. The van der Waals surface area contributed by atoms with E-state index in [9.17, 15) is 4.57 Å². The molecule has 4 heteroatoms. The summed E-state index contributed by atoms with van der Waals surface area (Å²) < 4.78 is 16.2. The molecule has 0 bridgehead atoms. The van der Waals surface area contributed by atoms with Crippen molar-refractivity contribution in [3.8, 4) is 0 Å². The first-order valence-corrected chi connectivity index (χ1v) is 6.58. The first kappa shape index (κ1) is 12.5. The molecule has 0 saturated heterocycles. The second kappa shape index (κ2) is 9.57. The maximum absolute atomic E-state index is 11.1. The molecular weight excluding hydrogens is 195 g/mol. The summed E-state index contributed by atoms with van der Waals surface area (Å²) in [5.41, 5.74) is 0. The fourth-order valence-electron chi connectivity index (χ4n) is 0.766. The molecule has 0 aromatic heterocycles. The molecule has 0 aliphatic heterocycles. The topological polar surface area (TPSA) is 26.3 Å². The largest absolute Gasteiger partial charge is 0.330 e. The van der Waals surface area contributed by atoms with Crippen LogP contribution >= 0.6 is 19.6 Å². The van der Waals surface area contributed by atoms with Crippen LogP contribution in [0.1, 0.15) is 32.6 Å². The van der Waals surface area contributed by atoms with Gasteiger partial charge in [-0.3, -0.25) is 4.57 Å². The van der Waals surface area contributed by atoms with Gasteiger partial charge in [0.05, 0.1) is 6.61 Å². The monoisotopic (exact) mass is 212 g/mol. The van der Waals surface area contributed by atoms with Gasteiger partial charge < -0.3 is 4.52 Å². The van der Waals surface area contributed by atoms with Crippen molar-refractivity contribution in [1.29, 1.82) is 0 Å². The van der Waals surface area contributed by atoms with Crippen molar-refractivity contribution >= 4 is 19.6 Å². The Bertz CT molecular complexity index is 108. The van der Waals surface area contributed by atoms with E-state index < -0.39 is 8.03 Å². The van der Waals surface area contributed by atoms with Crippen LogP contribution in [-0.4, -0.2) is 18.6 Å². The van der Waals surface area contributed by atoms with Gasteiger partial charge in [0.15, 0.2) is 8.03 Å². The third kappa shape index (κ3) is 8.58. The molecule has 2 nitrogen and oxygen atoms in total. The van der Waals surface area contributed by atoms with Crippen molar-refractivity contribution < 1.29 is 9.09 Å². The highest BCUT2D eigenvalue weighted by Gasteiger charge is 1.98. The van der Waals surface area contributed by atoms with Gasteiger partial charge in [0.25, 0.3) is 0 Å². The van der Waals surface area contributed by atoms with Gasteiger partial charge in [0, 0.05) is 12.0 Å². The van der Waals surface area contributed by atoms with E-state index in [1.54, 1.807) is 0 Å². The van der Waals surface area contributed by atoms with Crippen LogP contribution in [0.15, 0.2) is 0 Å². The van der Waals surface area contributed by atoms with E-state index in [4.69, 9.17) is 16.1 Å². The van der Waals surface area contributed by atoms with Gasteiger partial charge >= 0.3 is 0 Å². The average molecular weight is 213 g/mol. The van der Waals surface area contributed by atoms with Gasteiger partial charge in [-0.15, -0.1) is 11.6 Å². The van der Waals surface area contributed by atoms with Crippen LogP contribution in [-0.2, 0) is 9.09 Å². The molecule has 0 aliphatic carbocycles. The summed E-state index contributed by atoms with van der Waals surface area (Å²) in [7, 11) is -1.74. The molecule has 0 radical (unpaired) electrons. The summed E-state index contributed by atoms with van der Waals surface area (Å²) in [5, 5.41) is 0. The molecule has 0 N–H and O–H groups in total. The summed E-state index contributed by atoms with van der Waals surface area (Å²) in [6.07, 6.45) is 4.66. The predicted octanol–water partition coefficient (Wildman–Crippen LogP) is 3.30. The lowest BCUT2D eigenvalue weighted by Crippen LogP contribution is -1.88. The predicted molar refractivity (Wildman–Crippen MR) is 54.7 cm³/mol. The highest BCUT2D eigenvalue weighted by Crippen LogP contribution is 2.23. The van der Waals surface area contributed by atoms with Crippen molar-refractivity contribution in [2.24, 2.45) is 0 Å². The number of hydrogen-bond acceptors (Lipinski definition) is 2. The smallest absolute Gasteiger partial charge is 0.191 e. The zero-order valence-corrected chi connectivity index (χ0v) is 9.40. The van der Waals surface area contributed by atoms with Gasteiger partial charge in [0.2, 0.25) is 0 Å². The minimum Gasteiger partial charge on any atom is -0.330 e. The minimum absolute atomic E-state index is 0.648. The van der Waals surface area contributed by atoms with Gasteiger partial charge in [-0.1, -0.05) is 13.3 Å². The van der Waals surface area contributed by atoms with Gasteiger partial charge in [-0.05, 0) is 19.3 Å². The fraction of sp³-hybridized carbons (Fsp3) is 1.00. The van der Waals surface area contributed by atoms with Crippen molar-refractivity contribution in [1.82, 2.24) is 0 Å². The maximum Gasteiger partial charge on any atom is 0.191 e. The maximum atomic E-state index is 11.1. The number of hydrogen-bond donors (Lipinski definition) is 0. The van der Waals surface area contributed by atoms with E-state index in [-0.39, 0.29) is 0 Å². The zero-order valence-electron chi connectivity index (χ0n) is 7.64. The Morgan fingerprint density at radius 2 is 2.08 bits per heavy atom. The molecule has 1 unspecified atom stereocenters. The SMILES string of the molecule is CCCCO[PH](=O)CCCCCl. The Morgan fingerprint density at radius 1 is 1.33 bits per heavy atom. The van der Waals surface area contributed by atoms with Crippen LogP contribution in [0.25, 0.3) is 0 Å². The lowest BCUT2D eigenvalue weighted by Gasteiger charge is -2.01. The normalized spacial score (nSPS) is 13.2. The molecule has 0 amide bonds. The van der Waals surface area contributed by atoms with Crippen molar-refractivity contribution in [2.45, 2.75) is 32.6 Å². The Hall–Kier alpha value is 0.480. The van der Waals surface area contributed by atoms with Crippen LogP contribution in [0, 0.1) is 0 Å². The summed E-state index contributed by atoms with van der Waals surface area (Å²) in [4.78, 5) is 0. The Labute approximate surface area is 80.5 Å². The van der Waals surface area contributed by atoms with Crippen molar-refractivity contribution in [2.75, 3.05) is 18.6 Å². The molecule has 0 spiro atoms. The number of alkyl halides is 1. The number of rotatable bonds is 8. The summed E-state index contributed by atoms with van der Waals surface area (Å²) in [5.74, 6) is 0.657. The molecule has 12 heavy (non-hydrogen) atoms. The van der Waals surface area contributed by atoms with Gasteiger partial charge in [0.1, 0.15) is 0 Å². The van der Waals surface area contributed by atoms with E-state index in [1.165, 1.54) is 0 Å². The highest BCUT2D eigenvalue weighted by molar-refractivity contribution is 7.39. The number of halogens is 1. The highest BCUT2D eigenvalue weighted by atomic mass is 35.5. The molecule has 74 valence electrons. The second-order valence-electron chi connectivity index (χ2n) is 2.72. The van der Waals surface area contributed by atoms with Gasteiger partial charge in [-0.25, -0.2) is 0 Å². The van der Waals surface area contributed by atoms with Crippen LogP contribution in [0.2, 0.25) is 0 Å². The third-order valence-corrected chi connectivity index (χ3v) is 3.08. The molecule has 0 aromatic carbocycles. The molecular formula is C8H18ClO2P. The quantitative estimate of drug-likeness (QED) is 0.351. The van der Waals surface area contributed by atoms with E-state index in [2.05, 4.69) is 6.92 Å². The minimum atomic E-state index is -1.74. The van der Waals surface area contributed by atoms with Crippen LogP contribution in [0.5, 0.6) is 0 Å². The van der Waals surface area contributed by atoms with E-state index in [1.807, 2.05) is 0 Å². The summed E-state index contributed by atoms with van der Waals surface area (Å²) in [6, 6.07) is 0. The van der Waals surface area contributed by atoms with Crippen molar-refractivity contribution in [3.05, 3.63) is 0 Å². The van der Waals surface area contributed by atoms with E-state index in [0.717, 1.165) is 25.7 Å². The molecule has 0 aliphatic rings. The Morgan fingerprint density at radius 3 is 2.67 bits per heavy atom. The van der Waals surface area contributed by atoms with Gasteiger partial charge in [-0.2, -0.15) is 0 Å².